The number of rotatable bonds is 13. The molecule has 1 saturated carbocycles. The molecule has 0 radical (unpaired) electrons. The lowest BCUT2D eigenvalue weighted by molar-refractivity contribution is -0.127. The standard InChI is InChI=1S/C25H31N3O6S/c29-14-4-15-33-21-11-9-20(10-12-21)23-27-25(18-34-23,24(30)28-26-17-19-7-8-19)13-16-35(31,32)22-5-2-1-3-6-22/h1-3,5-6,9-12,19,26,29H,4,7-8,13-18H2,(H,28,30)/t25-/m0/s1. The molecule has 188 valence electrons. The third-order valence-corrected chi connectivity index (χ3v) is 7.77. The zero-order chi connectivity index (χ0) is 24.7. The summed E-state index contributed by atoms with van der Waals surface area (Å²) < 4.78 is 37.2. The van der Waals surface area contributed by atoms with Crippen molar-refractivity contribution in [2.45, 2.75) is 36.1 Å². The van der Waals surface area contributed by atoms with E-state index in [1.54, 1.807) is 54.6 Å². The monoisotopic (exact) mass is 501 g/mol. The normalized spacial score (nSPS) is 19.6. The summed E-state index contributed by atoms with van der Waals surface area (Å²) in [5, 5.41) is 8.88. The molecular formula is C25H31N3O6S. The van der Waals surface area contributed by atoms with Crippen molar-refractivity contribution < 1.29 is 27.8 Å². The Kier molecular flexibility index (Phi) is 8.04. The van der Waals surface area contributed by atoms with Crippen molar-refractivity contribution in [3.8, 4) is 5.75 Å². The van der Waals surface area contributed by atoms with Crippen LogP contribution in [0.3, 0.4) is 0 Å². The molecule has 4 rings (SSSR count). The second-order valence-electron chi connectivity index (χ2n) is 8.85. The predicted molar refractivity (Wildman–Crippen MR) is 131 cm³/mol. The first-order valence-corrected chi connectivity index (χ1v) is 13.4. The number of aliphatic hydroxyl groups is 1. The summed E-state index contributed by atoms with van der Waals surface area (Å²) in [4.78, 5) is 18.0. The van der Waals surface area contributed by atoms with E-state index < -0.39 is 21.3 Å². The third-order valence-electron chi connectivity index (χ3n) is 6.03. The molecule has 3 N–H and O–H groups in total. The van der Waals surface area contributed by atoms with E-state index in [0.717, 1.165) is 12.8 Å². The number of nitrogens with zero attached hydrogens (tertiary/aromatic N) is 1. The van der Waals surface area contributed by atoms with Crippen LogP contribution in [0.15, 0.2) is 64.5 Å². The van der Waals surface area contributed by atoms with E-state index >= 15 is 0 Å². The molecule has 35 heavy (non-hydrogen) atoms. The van der Waals surface area contributed by atoms with Gasteiger partial charge < -0.3 is 14.6 Å². The fourth-order valence-electron chi connectivity index (χ4n) is 3.66. The van der Waals surface area contributed by atoms with E-state index in [2.05, 4.69) is 15.8 Å². The minimum absolute atomic E-state index is 0.0208. The van der Waals surface area contributed by atoms with Crippen LogP contribution in [-0.4, -0.2) is 63.0 Å². The Labute approximate surface area is 205 Å². The number of ether oxygens (including phenoxy) is 2. The van der Waals surface area contributed by atoms with E-state index in [1.165, 1.54) is 0 Å². The number of carbonyl (C=O) groups excluding carboxylic acids is 1. The highest BCUT2D eigenvalue weighted by molar-refractivity contribution is 7.91. The second kappa shape index (κ2) is 11.2. The van der Waals surface area contributed by atoms with Gasteiger partial charge in [0.05, 0.1) is 17.3 Å². The van der Waals surface area contributed by atoms with Crippen molar-refractivity contribution in [1.82, 2.24) is 10.9 Å². The molecule has 9 nitrogen and oxygen atoms in total. The highest BCUT2D eigenvalue weighted by atomic mass is 32.2. The minimum atomic E-state index is -3.60. The summed E-state index contributed by atoms with van der Waals surface area (Å²) in [6.07, 6.45) is 2.78. The van der Waals surface area contributed by atoms with E-state index in [-0.39, 0.29) is 36.2 Å². The van der Waals surface area contributed by atoms with Crippen molar-refractivity contribution in [2.75, 3.05) is 32.1 Å². The Morgan fingerprint density at radius 3 is 2.57 bits per heavy atom. The van der Waals surface area contributed by atoms with Gasteiger partial charge in [0.15, 0.2) is 15.4 Å². The smallest absolute Gasteiger partial charge is 0.265 e. The Morgan fingerprint density at radius 2 is 1.89 bits per heavy atom. The molecule has 0 saturated heterocycles. The van der Waals surface area contributed by atoms with Gasteiger partial charge >= 0.3 is 0 Å². The molecule has 0 aromatic heterocycles. The zero-order valence-corrected chi connectivity index (χ0v) is 20.3. The summed E-state index contributed by atoms with van der Waals surface area (Å²) in [5.41, 5.74) is 4.95. The number of hydrogen-bond acceptors (Lipinski definition) is 8. The van der Waals surface area contributed by atoms with Crippen LogP contribution in [0.1, 0.15) is 31.2 Å². The maximum absolute atomic E-state index is 13.2. The lowest BCUT2D eigenvalue weighted by Gasteiger charge is -2.23. The molecule has 2 aliphatic rings. The number of aliphatic hydroxyl groups excluding tert-OH is 1. The molecule has 1 aliphatic carbocycles. The predicted octanol–water partition coefficient (Wildman–Crippen LogP) is 1.86. The molecule has 1 atom stereocenters. The fourth-order valence-corrected chi connectivity index (χ4v) is 5.08. The van der Waals surface area contributed by atoms with Gasteiger partial charge in [0.25, 0.3) is 5.91 Å². The van der Waals surface area contributed by atoms with Crippen molar-refractivity contribution >= 4 is 21.6 Å². The van der Waals surface area contributed by atoms with Crippen molar-refractivity contribution in [3.05, 3.63) is 60.2 Å². The Morgan fingerprint density at radius 1 is 1.14 bits per heavy atom. The van der Waals surface area contributed by atoms with Crippen molar-refractivity contribution in [1.29, 1.82) is 0 Å². The number of amides is 1. The zero-order valence-electron chi connectivity index (χ0n) is 19.5. The summed E-state index contributed by atoms with van der Waals surface area (Å²) in [6.45, 7) is 1.07. The Hall–Kier alpha value is -2.95. The number of carbonyl (C=O) groups is 1. The number of hydrogen-bond donors (Lipinski definition) is 3. The van der Waals surface area contributed by atoms with Crippen molar-refractivity contribution in [2.24, 2.45) is 10.9 Å². The van der Waals surface area contributed by atoms with Crippen LogP contribution in [0.25, 0.3) is 0 Å². The number of benzene rings is 2. The van der Waals surface area contributed by atoms with Gasteiger partial charge in [-0.25, -0.2) is 18.8 Å². The largest absolute Gasteiger partial charge is 0.494 e. The minimum Gasteiger partial charge on any atom is -0.494 e. The quantitative estimate of drug-likeness (QED) is 0.282. The maximum Gasteiger partial charge on any atom is 0.265 e. The van der Waals surface area contributed by atoms with Crippen LogP contribution in [0.4, 0.5) is 0 Å². The average molecular weight is 502 g/mol. The molecule has 2 aromatic carbocycles. The van der Waals surface area contributed by atoms with Gasteiger partial charge in [0, 0.05) is 25.1 Å². The van der Waals surface area contributed by atoms with Gasteiger partial charge in [0.1, 0.15) is 12.4 Å². The van der Waals surface area contributed by atoms with Crippen LogP contribution in [0, 0.1) is 5.92 Å². The molecule has 1 fully saturated rings. The van der Waals surface area contributed by atoms with Gasteiger partial charge in [-0.15, -0.1) is 0 Å². The van der Waals surface area contributed by atoms with Gasteiger partial charge in [0.2, 0.25) is 5.90 Å². The van der Waals surface area contributed by atoms with Crippen molar-refractivity contribution in [3.63, 3.8) is 0 Å². The van der Waals surface area contributed by atoms with Crippen LogP contribution < -0.4 is 15.6 Å². The van der Waals surface area contributed by atoms with Crippen LogP contribution >= 0.6 is 0 Å². The van der Waals surface area contributed by atoms with Gasteiger partial charge in [-0.2, -0.15) is 0 Å². The molecule has 1 heterocycles. The van der Waals surface area contributed by atoms with Gasteiger partial charge in [-0.05, 0) is 61.6 Å². The molecule has 10 heteroatoms. The lowest BCUT2D eigenvalue weighted by atomic mass is 9.98. The molecule has 2 aromatic rings. The number of aliphatic imine (C=N–C) groups is 1. The number of nitrogens with one attached hydrogen (secondary N) is 2. The first-order valence-electron chi connectivity index (χ1n) is 11.8. The summed E-state index contributed by atoms with van der Waals surface area (Å²) in [6, 6.07) is 15.2. The summed E-state index contributed by atoms with van der Waals surface area (Å²) in [7, 11) is -3.60. The SMILES string of the molecule is O=C(NNCC1CC1)[C@]1(CCS(=O)(=O)c2ccccc2)COC(c2ccc(OCCCO)cc2)=N1. The van der Waals surface area contributed by atoms with Gasteiger partial charge in [-0.3, -0.25) is 10.2 Å². The van der Waals surface area contributed by atoms with Crippen LogP contribution in [0.5, 0.6) is 5.75 Å². The maximum atomic E-state index is 13.2. The third kappa shape index (κ3) is 6.59. The summed E-state index contributed by atoms with van der Waals surface area (Å²) >= 11 is 0. The van der Waals surface area contributed by atoms with E-state index in [1.807, 2.05) is 0 Å². The first kappa shape index (κ1) is 25.2. The van der Waals surface area contributed by atoms with Crippen LogP contribution in [-0.2, 0) is 19.4 Å². The second-order valence-corrected chi connectivity index (χ2v) is 11.0. The fraction of sp³-hybridized carbons (Fsp3) is 0.440. The van der Waals surface area contributed by atoms with Gasteiger partial charge in [-0.1, -0.05) is 18.2 Å². The van der Waals surface area contributed by atoms with Crippen LogP contribution in [0.2, 0.25) is 0 Å². The molecule has 0 unspecified atom stereocenters. The van der Waals surface area contributed by atoms with E-state index in [0.29, 0.717) is 36.8 Å². The molecule has 1 amide bonds. The highest BCUT2D eigenvalue weighted by Gasteiger charge is 2.45. The Balaban J connectivity index is 1.50. The number of sulfone groups is 1. The molecular weight excluding hydrogens is 470 g/mol. The van der Waals surface area contributed by atoms with E-state index in [9.17, 15) is 13.2 Å². The Bertz CT molecular complexity index is 1130. The van der Waals surface area contributed by atoms with E-state index in [4.69, 9.17) is 14.6 Å². The molecule has 1 aliphatic heterocycles. The lowest BCUT2D eigenvalue weighted by Crippen LogP contribution is -2.52. The topological polar surface area (TPSA) is 126 Å². The molecule has 0 bridgehead atoms. The number of hydrazine groups is 1. The molecule has 0 spiro atoms. The summed E-state index contributed by atoms with van der Waals surface area (Å²) in [5.74, 6) is 0.816. The average Bonchev–Trinajstić information content (AvgIpc) is 3.60. The highest BCUT2D eigenvalue weighted by Crippen LogP contribution is 2.29. The first-order chi connectivity index (χ1) is 16.9.